The van der Waals surface area contributed by atoms with Gasteiger partial charge in [-0.3, -0.25) is 4.79 Å². The highest BCUT2D eigenvalue weighted by Crippen LogP contribution is 2.33. The van der Waals surface area contributed by atoms with Crippen LogP contribution in [-0.2, 0) is 0 Å². The predicted octanol–water partition coefficient (Wildman–Crippen LogP) is 2.65. The molecule has 3 rings (SSSR count). The number of halogens is 1. The second-order valence-corrected chi connectivity index (χ2v) is 5.32. The zero-order valence-corrected chi connectivity index (χ0v) is 12.8. The van der Waals surface area contributed by atoms with E-state index < -0.39 is 5.75 Å². The van der Waals surface area contributed by atoms with Crippen molar-refractivity contribution in [1.29, 1.82) is 0 Å². The number of fused-ring (bicyclic) bond motifs is 1. The molecule has 0 amide bonds. The van der Waals surface area contributed by atoms with Crippen LogP contribution in [0.4, 0.5) is 0 Å². The zero-order valence-electron chi connectivity index (χ0n) is 12.1. The topological polar surface area (TPSA) is 87.7 Å². The number of hydrogen-bond donors (Lipinski definition) is 2. The Hall–Kier alpha value is -2.86. The van der Waals surface area contributed by atoms with Crippen LogP contribution in [0.15, 0.2) is 46.3 Å². The first-order chi connectivity index (χ1) is 11.0. The first-order valence-corrected chi connectivity index (χ1v) is 7.09. The van der Waals surface area contributed by atoms with Crippen molar-refractivity contribution < 1.29 is 10.2 Å². The van der Waals surface area contributed by atoms with Crippen molar-refractivity contribution in [2.45, 2.75) is 6.92 Å². The number of hydrogen-bond acceptors (Lipinski definition) is 5. The molecule has 7 heteroatoms. The average Bonchev–Trinajstić information content (AvgIpc) is 2.52. The molecule has 1 aromatic heterocycles. The van der Waals surface area contributed by atoms with Gasteiger partial charge in [0, 0.05) is 0 Å². The Kier molecular flexibility index (Phi) is 3.75. The molecule has 0 spiro atoms. The molecule has 2 aromatic carbocycles. The fraction of sp³-hybridized carbons (Fsp3) is 0.0625. The van der Waals surface area contributed by atoms with Crippen LogP contribution in [0.2, 0.25) is 5.02 Å². The molecular weight excluding hydrogens is 318 g/mol. The fourth-order valence-electron chi connectivity index (χ4n) is 2.17. The highest BCUT2D eigenvalue weighted by molar-refractivity contribution is 6.32. The minimum atomic E-state index is -0.399. The summed E-state index contributed by atoms with van der Waals surface area (Å²) in [5, 5.41) is 23.5. The van der Waals surface area contributed by atoms with Crippen LogP contribution in [0.3, 0.4) is 0 Å². The number of benzene rings is 2. The van der Waals surface area contributed by atoms with Gasteiger partial charge in [-0.2, -0.15) is 9.78 Å². The number of aromatic nitrogens is 2. The van der Waals surface area contributed by atoms with Gasteiger partial charge >= 0.3 is 0 Å². The molecule has 116 valence electrons. The third kappa shape index (κ3) is 2.76. The van der Waals surface area contributed by atoms with E-state index in [1.807, 2.05) is 6.07 Å². The molecule has 0 saturated heterocycles. The van der Waals surface area contributed by atoms with Gasteiger partial charge in [-0.15, -0.1) is 0 Å². The zero-order chi connectivity index (χ0) is 16.6. The lowest BCUT2D eigenvalue weighted by Crippen LogP contribution is -2.20. The summed E-state index contributed by atoms with van der Waals surface area (Å²) in [6.45, 7) is 1.67. The van der Waals surface area contributed by atoms with Crippen LogP contribution >= 0.6 is 11.6 Å². The van der Waals surface area contributed by atoms with E-state index in [1.165, 1.54) is 23.0 Å². The van der Waals surface area contributed by atoms with Crippen LogP contribution in [0, 0.1) is 6.92 Å². The Balaban J connectivity index is 2.10. The molecule has 0 saturated carbocycles. The molecule has 0 aliphatic rings. The van der Waals surface area contributed by atoms with Crippen LogP contribution in [0.5, 0.6) is 11.5 Å². The lowest BCUT2D eigenvalue weighted by Gasteiger charge is -2.05. The monoisotopic (exact) mass is 329 g/mol. The van der Waals surface area contributed by atoms with Crippen molar-refractivity contribution in [3.05, 3.63) is 63.2 Å². The van der Waals surface area contributed by atoms with Gasteiger partial charge in [0.05, 0.1) is 22.1 Å². The molecule has 2 N–H and O–H groups in total. The van der Waals surface area contributed by atoms with Crippen molar-refractivity contribution >= 4 is 28.7 Å². The quantitative estimate of drug-likeness (QED) is 0.559. The normalized spacial score (nSPS) is 11.4. The second kappa shape index (κ2) is 5.73. The third-order valence-corrected chi connectivity index (χ3v) is 3.59. The minimum absolute atomic E-state index is 0.00726. The standard InChI is InChI=1S/C16H12ClN3O3/c1-9-19-13-5-3-2-4-11(13)16(23)20(9)18-8-10-6-12(17)15(22)14(21)7-10/h2-8,21-22H,1H3/b18-8+. The van der Waals surface area contributed by atoms with Gasteiger partial charge in [-0.1, -0.05) is 23.7 Å². The van der Waals surface area contributed by atoms with E-state index in [4.69, 9.17) is 11.6 Å². The summed E-state index contributed by atoms with van der Waals surface area (Å²) < 4.78 is 1.17. The van der Waals surface area contributed by atoms with Crippen LogP contribution in [-0.4, -0.2) is 26.1 Å². The van der Waals surface area contributed by atoms with E-state index in [2.05, 4.69) is 10.1 Å². The summed E-state index contributed by atoms with van der Waals surface area (Å²) in [5.74, 6) is -0.330. The Labute approximate surface area is 135 Å². The van der Waals surface area contributed by atoms with Crippen molar-refractivity contribution in [2.75, 3.05) is 0 Å². The SMILES string of the molecule is Cc1nc2ccccc2c(=O)n1/N=C/c1cc(O)c(O)c(Cl)c1. The Morgan fingerprint density at radius 1 is 1.26 bits per heavy atom. The number of phenolic OH excluding ortho intramolecular Hbond substituents is 2. The van der Waals surface area contributed by atoms with Crippen molar-refractivity contribution in [1.82, 2.24) is 9.66 Å². The fourth-order valence-corrected chi connectivity index (χ4v) is 2.40. The summed E-state index contributed by atoms with van der Waals surface area (Å²) in [7, 11) is 0. The van der Waals surface area contributed by atoms with Crippen LogP contribution in [0.25, 0.3) is 10.9 Å². The van der Waals surface area contributed by atoms with Crippen molar-refractivity contribution in [3.8, 4) is 11.5 Å². The molecule has 0 radical (unpaired) electrons. The van der Waals surface area contributed by atoms with Crippen LogP contribution < -0.4 is 5.56 Å². The molecule has 23 heavy (non-hydrogen) atoms. The molecule has 0 bridgehead atoms. The third-order valence-electron chi connectivity index (χ3n) is 3.30. The lowest BCUT2D eigenvalue weighted by molar-refractivity contribution is 0.404. The first-order valence-electron chi connectivity index (χ1n) is 6.71. The highest BCUT2D eigenvalue weighted by atomic mass is 35.5. The van der Waals surface area contributed by atoms with E-state index >= 15 is 0 Å². The molecule has 3 aromatic rings. The predicted molar refractivity (Wildman–Crippen MR) is 88.5 cm³/mol. The van der Waals surface area contributed by atoms with E-state index in [-0.39, 0.29) is 16.3 Å². The molecule has 0 atom stereocenters. The number of aromatic hydroxyl groups is 2. The first kappa shape index (κ1) is 15.1. The molecule has 0 fully saturated rings. The number of aryl methyl sites for hydroxylation is 1. The van der Waals surface area contributed by atoms with Crippen LogP contribution in [0.1, 0.15) is 11.4 Å². The highest BCUT2D eigenvalue weighted by Gasteiger charge is 2.08. The Bertz CT molecular complexity index is 973. The van der Waals surface area contributed by atoms with Crippen molar-refractivity contribution in [3.63, 3.8) is 0 Å². The largest absolute Gasteiger partial charge is 0.504 e. The number of para-hydroxylation sites is 1. The van der Waals surface area contributed by atoms with Gasteiger partial charge in [-0.05, 0) is 36.8 Å². The Morgan fingerprint density at radius 3 is 2.74 bits per heavy atom. The van der Waals surface area contributed by atoms with Gasteiger partial charge in [0.25, 0.3) is 5.56 Å². The molecule has 0 aliphatic heterocycles. The summed E-state index contributed by atoms with van der Waals surface area (Å²) in [5.41, 5.74) is 0.745. The second-order valence-electron chi connectivity index (χ2n) is 4.91. The minimum Gasteiger partial charge on any atom is -0.504 e. The van der Waals surface area contributed by atoms with Gasteiger partial charge < -0.3 is 10.2 Å². The van der Waals surface area contributed by atoms with E-state index in [0.717, 1.165) is 0 Å². The Morgan fingerprint density at radius 2 is 2.00 bits per heavy atom. The van der Waals surface area contributed by atoms with Gasteiger partial charge in [0.1, 0.15) is 5.82 Å². The summed E-state index contributed by atoms with van der Waals surface area (Å²) in [6.07, 6.45) is 1.36. The number of rotatable bonds is 2. The maximum atomic E-state index is 12.5. The maximum Gasteiger partial charge on any atom is 0.282 e. The average molecular weight is 330 g/mol. The van der Waals surface area contributed by atoms with Gasteiger partial charge in [-0.25, -0.2) is 4.98 Å². The molecule has 6 nitrogen and oxygen atoms in total. The summed E-state index contributed by atoms with van der Waals surface area (Å²) >= 11 is 5.79. The van der Waals surface area contributed by atoms with E-state index in [9.17, 15) is 15.0 Å². The molecule has 0 unspecified atom stereocenters. The molecule has 1 heterocycles. The van der Waals surface area contributed by atoms with E-state index in [1.54, 1.807) is 25.1 Å². The van der Waals surface area contributed by atoms with E-state index in [0.29, 0.717) is 22.3 Å². The lowest BCUT2D eigenvalue weighted by atomic mass is 10.2. The number of phenols is 2. The number of nitrogens with zero attached hydrogens (tertiary/aromatic N) is 3. The smallest absolute Gasteiger partial charge is 0.282 e. The van der Waals surface area contributed by atoms with Gasteiger partial charge in [0.2, 0.25) is 0 Å². The molecule has 0 aliphatic carbocycles. The maximum absolute atomic E-state index is 12.5. The van der Waals surface area contributed by atoms with Gasteiger partial charge in [0.15, 0.2) is 11.5 Å². The van der Waals surface area contributed by atoms with Crippen molar-refractivity contribution in [2.24, 2.45) is 5.10 Å². The molecular formula is C16H12ClN3O3. The summed E-state index contributed by atoms with van der Waals surface area (Å²) in [6, 6.07) is 9.72. The summed E-state index contributed by atoms with van der Waals surface area (Å²) in [4.78, 5) is 16.8.